The van der Waals surface area contributed by atoms with Crippen molar-refractivity contribution in [1.29, 1.82) is 0 Å². The maximum atomic E-state index is 6.20. The first-order chi connectivity index (χ1) is 8.08. The molecule has 0 atom stereocenters. The molecule has 1 aromatic heterocycles. The summed E-state index contributed by atoms with van der Waals surface area (Å²) in [6.45, 7) is 2.70. The van der Waals surface area contributed by atoms with Crippen molar-refractivity contribution in [1.82, 2.24) is 4.57 Å². The monoisotopic (exact) mass is 264 g/mol. The molecule has 88 valence electrons. The molecule has 0 saturated carbocycles. The van der Waals surface area contributed by atoms with Crippen LogP contribution in [0.3, 0.4) is 0 Å². The van der Waals surface area contributed by atoms with Crippen molar-refractivity contribution in [3.8, 4) is 0 Å². The van der Waals surface area contributed by atoms with Crippen LogP contribution in [0.5, 0.6) is 0 Å². The summed E-state index contributed by atoms with van der Waals surface area (Å²) in [5, 5.41) is 0.771. The number of aromatic nitrogens is 1. The predicted molar refractivity (Wildman–Crippen MR) is 75.6 cm³/mol. The minimum atomic E-state index is 0.401. The molecule has 1 aromatic carbocycles. The Balaban J connectivity index is 2.31. The Morgan fingerprint density at radius 3 is 2.82 bits per heavy atom. The van der Waals surface area contributed by atoms with Gasteiger partial charge in [-0.05, 0) is 36.2 Å². The largest absolute Gasteiger partial charge is 0.388 e. The van der Waals surface area contributed by atoms with Crippen LogP contribution in [-0.2, 0) is 6.54 Å². The second-order valence-electron chi connectivity index (χ2n) is 3.98. The average molecular weight is 265 g/mol. The summed E-state index contributed by atoms with van der Waals surface area (Å²) >= 11 is 11.2. The van der Waals surface area contributed by atoms with Crippen molar-refractivity contribution in [3.05, 3.63) is 58.4 Å². The van der Waals surface area contributed by atoms with E-state index in [0.717, 1.165) is 21.8 Å². The van der Waals surface area contributed by atoms with E-state index in [1.807, 2.05) is 48.0 Å². The van der Waals surface area contributed by atoms with Gasteiger partial charge in [0.25, 0.3) is 0 Å². The van der Waals surface area contributed by atoms with Crippen LogP contribution in [0.25, 0.3) is 0 Å². The van der Waals surface area contributed by atoms with E-state index in [1.165, 1.54) is 0 Å². The first-order valence-corrected chi connectivity index (χ1v) is 6.06. The van der Waals surface area contributed by atoms with Gasteiger partial charge in [0.05, 0.1) is 5.69 Å². The van der Waals surface area contributed by atoms with E-state index in [4.69, 9.17) is 29.6 Å². The van der Waals surface area contributed by atoms with Crippen LogP contribution in [0.2, 0.25) is 5.02 Å². The highest BCUT2D eigenvalue weighted by Crippen LogP contribution is 2.19. The summed E-state index contributed by atoms with van der Waals surface area (Å²) in [5.74, 6) is 0. The molecular weight excluding hydrogens is 252 g/mol. The minimum absolute atomic E-state index is 0.401. The molecule has 0 saturated heterocycles. The molecule has 0 fully saturated rings. The van der Waals surface area contributed by atoms with Gasteiger partial charge >= 0.3 is 0 Å². The van der Waals surface area contributed by atoms with E-state index in [-0.39, 0.29) is 0 Å². The lowest BCUT2D eigenvalue weighted by atomic mass is 10.1. The molecule has 0 spiro atoms. The second kappa shape index (κ2) is 4.90. The van der Waals surface area contributed by atoms with Crippen LogP contribution in [0.1, 0.15) is 16.8 Å². The SMILES string of the molecule is Cc1ccc(Cn2cccc2C(N)=S)c(Cl)c1. The fraction of sp³-hybridized carbons (Fsp3) is 0.154. The molecule has 2 nitrogen and oxygen atoms in total. The lowest BCUT2D eigenvalue weighted by molar-refractivity contribution is 0.798. The van der Waals surface area contributed by atoms with E-state index < -0.39 is 0 Å². The molecule has 0 bridgehead atoms. The van der Waals surface area contributed by atoms with Crippen LogP contribution < -0.4 is 5.73 Å². The highest BCUT2D eigenvalue weighted by molar-refractivity contribution is 7.80. The summed E-state index contributed by atoms with van der Waals surface area (Å²) in [6.07, 6.45) is 1.95. The fourth-order valence-corrected chi connectivity index (χ4v) is 2.22. The topological polar surface area (TPSA) is 30.9 Å². The molecule has 0 aliphatic heterocycles. The molecule has 2 N–H and O–H groups in total. The smallest absolute Gasteiger partial charge is 0.120 e. The van der Waals surface area contributed by atoms with Crippen molar-refractivity contribution >= 4 is 28.8 Å². The third-order valence-corrected chi connectivity index (χ3v) is 3.19. The Labute approximate surface area is 111 Å². The third-order valence-electron chi connectivity index (χ3n) is 2.63. The molecule has 0 aliphatic rings. The predicted octanol–water partition coefficient (Wildman–Crippen LogP) is 3.13. The van der Waals surface area contributed by atoms with E-state index in [2.05, 4.69) is 0 Å². The number of thiocarbonyl (C=S) groups is 1. The fourth-order valence-electron chi connectivity index (χ4n) is 1.74. The second-order valence-corrected chi connectivity index (χ2v) is 4.83. The molecule has 2 aromatic rings. The minimum Gasteiger partial charge on any atom is -0.388 e. The molecule has 2 rings (SSSR count). The van der Waals surface area contributed by atoms with Crippen LogP contribution in [0.15, 0.2) is 36.5 Å². The van der Waals surface area contributed by atoms with Crippen molar-refractivity contribution in [2.75, 3.05) is 0 Å². The number of nitrogens with two attached hydrogens (primary N) is 1. The third kappa shape index (κ3) is 2.68. The van der Waals surface area contributed by atoms with Gasteiger partial charge in [0, 0.05) is 17.8 Å². The van der Waals surface area contributed by atoms with E-state index in [0.29, 0.717) is 11.5 Å². The molecule has 17 heavy (non-hydrogen) atoms. The van der Waals surface area contributed by atoms with Crippen molar-refractivity contribution < 1.29 is 0 Å². The number of hydrogen-bond donors (Lipinski definition) is 1. The summed E-state index contributed by atoms with van der Waals surface area (Å²) in [7, 11) is 0. The normalized spacial score (nSPS) is 10.5. The molecular formula is C13H13ClN2S. The van der Waals surface area contributed by atoms with Gasteiger partial charge in [-0.15, -0.1) is 0 Å². The highest BCUT2D eigenvalue weighted by atomic mass is 35.5. The van der Waals surface area contributed by atoms with Gasteiger partial charge in [-0.3, -0.25) is 0 Å². The van der Waals surface area contributed by atoms with Gasteiger partial charge in [0.15, 0.2) is 0 Å². The van der Waals surface area contributed by atoms with Crippen LogP contribution in [0, 0.1) is 6.92 Å². The number of aryl methyl sites for hydroxylation is 1. The first kappa shape index (κ1) is 12.1. The molecule has 0 amide bonds. The van der Waals surface area contributed by atoms with Crippen molar-refractivity contribution in [2.24, 2.45) is 5.73 Å². The highest BCUT2D eigenvalue weighted by Gasteiger charge is 2.06. The number of nitrogens with zero attached hydrogens (tertiary/aromatic N) is 1. The quantitative estimate of drug-likeness (QED) is 0.864. The number of benzene rings is 1. The Morgan fingerprint density at radius 1 is 1.41 bits per heavy atom. The Hall–Kier alpha value is -1.32. The summed E-state index contributed by atoms with van der Waals surface area (Å²) < 4.78 is 2.00. The zero-order chi connectivity index (χ0) is 12.4. The summed E-state index contributed by atoms with van der Waals surface area (Å²) in [4.78, 5) is 0.401. The van der Waals surface area contributed by atoms with Crippen molar-refractivity contribution in [3.63, 3.8) is 0 Å². The van der Waals surface area contributed by atoms with Crippen LogP contribution >= 0.6 is 23.8 Å². The van der Waals surface area contributed by atoms with Crippen molar-refractivity contribution in [2.45, 2.75) is 13.5 Å². The van der Waals surface area contributed by atoms with Crippen LogP contribution in [-0.4, -0.2) is 9.56 Å². The van der Waals surface area contributed by atoms with E-state index >= 15 is 0 Å². The number of halogens is 1. The van der Waals surface area contributed by atoms with Crippen LogP contribution in [0.4, 0.5) is 0 Å². The summed E-state index contributed by atoms with van der Waals surface area (Å²) in [5.41, 5.74) is 8.73. The zero-order valence-electron chi connectivity index (χ0n) is 9.48. The molecule has 0 aliphatic carbocycles. The Bertz CT molecular complexity index is 560. The number of rotatable bonds is 3. The molecule has 0 unspecified atom stereocenters. The Morgan fingerprint density at radius 2 is 2.18 bits per heavy atom. The Kier molecular flexibility index (Phi) is 3.50. The first-order valence-electron chi connectivity index (χ1n) is 5.28. The molecule has 1 heterocycles. The van der Waals surface area contributed by atoms with Gasteiger partial charge < -0.3 is 10.3 Å². The lowest BCUT2D eigenvalue weighted by Gasteiger charge is -2.10. The van der Waals surface area contributed by atoms with Gasteiger partial charge in [-0.25, -0.2) is 0 Å². The summed E-state index contributed by atoms with van der Waals surface area (Å²) in [6, 6.07) is 9.87. The maximum absolute atomic E-state index is 6.20. The van der Waals surface area contributed by atoms with Gasteiger partial charge in [-0.2, -0.15) is 0 Å². The lowest BCUT2D eigenvalue weighted by Crippen LogP contribution is -2.15. The molecule has 0 radical (unpaired) electrons. The van der Waals surface area contributed by atoms with E-state index in [9.17, 15) is 0 Å². The van der Waals surface area contributed by atoms with Gasteiger partial charge in [-0.1, -0.05) is 36.0 Å². The number of hydrogen-bond acceptors (Lipinski definition) is 1. The molecule has 4 heteroatoms. The standard InChI is InChI=1S/C13H13ClN2S/c1-9-4-5-10(11(14)7-9)8-16-6-2-3-12(16)13(15)17/h2-7H,8H2,1H3,(H2,15,17). The van der Waals surface area contributed by atoms with E-state index in [1.54, 1.807) is 0 Å². The zero-order valence-corrected chi connectivity index (χ0v) is 11.1. The van der Waals surface area contributed by atoms with Gasteiger partial charge in [0.2, 0.25) is 0 Å². The average Bonchev–Trinajstić information content (AvgIpc) is 2.70. The maximum Gasteiger partial charge on any atom is 0.120 e. The van der Waals surface area contributed by atoms with Gasteiger partial charge in [0.1, 0.15) is 4.99 Å².